The molecule has 14 heavy (non-hydrogen) atoms. The van der Waals surface area contributed by atoms with Crippen LogP contribution >= 0.6 is 0 Å². The van der Waals surface area contributed by atoms with Crippen molar-refractivity contribution in [2.24, 2.45) is 5.73 Å². The van der Waals surface area contributed by atoms with Gasteiger partial charge in [-0.15, -0.1) is 0 Å². The van der Waals surface area contributed by atoms with E-state index in [1.54, 1.807) is 0 Å². The Kier molecular flexibility index (Phi) is 5.60. The Morgan fingerprint density at radius 3 is 2.29 bits per heavy atom. The van der Waals surface area contributed by atoms with Crippen LogP contribution in [0.25, 0.3) is 0 Å². The third kappa shape index (κ3) is 4.09. The molecular formula is C11H22N2O. The molecular weight excluding hydrogens is 176 g/mol. The van der Waals surface area contributed by atoms with Crippen LogP contribution in [-0.4, -0.2) is 30.4 Å². The highest BCUT2D eigenvalue weighted by Gasteiger charge is 2.14. The average molecular weight is 198 g/mol. The van der Waals surface area contributed by atoms with Gasteiger partial charge in [-0.1, -0.05) is 12.8 Å². The SMILES string of the molecule is NCCCCC(=O)N1CCCCCC1. The van der Waals surface area contributed by atoms with Crippen LogP contribution in [0.3, 0.4) is 0 Å². The van der Waals surface area contributed by atoms with Gasteiger partial charge in [-0.05, 0) is 32.2 Å². The summed E-state index contributed by atoms with van der Waals surface area (Å²) in [6.45, 7) is 2.65. The zero-order valence-corrected chi connectivity index (χ0v) is 9.00. The maximum Gasteiger partial charge on any atom is 0.222 e. The standard InChI is InChI=1S/C11H22N2O/c12-8-4-3-7-11(14)13-9-5-1-2-6-10-13/h1-10,12H2. The van der Waals surface area contributed by atoms with E-state index in [0.29, 0.717) is 18.9 Å². The van der Waals surface area contributed by atoms with Crippen molar-refractivity contribution in [2.75, 3.05) is 19.6 Å². The molecule has 0 aromatic rings. The van der Waals surface area contributed by atoms with E-state index in [-0.39, 0.29) is 0 Å². The van der Waals surface area contributed by atoms with Crippen molar-refractivity contribution in [3.63, 3.8) is 0 Å². The lowest BCUT2D eigenvalue weighted by Crippen LogP contribution is -2.31. The summed E-state index contributed by atoms with van der Waals surface area (Å²) < 4.78 is 0. The fourth-order valence-corrected chi connectivity index (χ4v) is 1.90. The third-order valence-electron chi connectivity index (χ3n) is 2.80. The molecule has 1 aliphatic rings. The van der Waals surface area contributed by atoms with Crippen LogP contribution in [0.15, 0.2) is 0 Å². The first kappa shape index (κ1) is 11.5. The van der Waals surface area contributed by atoms with Crippen molar-refractivity contribution in [3.05, 3.63) is 0 Å². The summed E-state index contributed by atoms with van der Waals surface area (Å²) >= 11 is 0. The number of rotatable bonds is 4. The van der Waals surface area contributed by atoms with E-state index in [1.165, 1.54) is 25.7 Å². The van der Waals surface area contributed by atoms with Crippen molar-refractivity contribution < 1.29 is 4.79 Å². The number of nitrogens with zero attached hydrogens (tertiary/aromatic N) is 1. The molecule has 0 radical (unpaired) electrons. The monoisotopic (exact) mass is 198 g/mol. The summed E-state index contributed by atoms with van der Waals surface area (Å²) in [5, 5.41) is 0. The highest BCUT2D eigenvalue weighted by molar-refractivity contribution is 5.76. The maximum atomic E-state index is 11.7. The van der Waals surface area contributed by atoms with Crippen LogP contribution in [0.1, 0.15) is 44.9 Å². The Morgan fingerprint density at radius 1 is 1.07 bits per heavy atom. The van der Waals surface area contributed by atoms with Crippen LogP contribution in [0, 0.1) is 0 Å². The van der Waals surface area contributed by atoms with Gasteiger partial charge in [-0.3, -0.25) is 4.79 Å². The summed E-state index contributed by atoms with van der Waals surface area (Å²) in [5.74, 6) is 0.334. The van der Waals surface area contributed by atoms with Crippen LogP contribution < -0.4 is 5.73 Å². The number of nitrogens with two attached hydrogens (primary N) is 1. The lowest BCUT2D eigenvalue weighted by Gasteiger charge is -2.20. The van der Waals surface area contributed by atoms with Crippen LogP contribution in [0.5, 0.6) is 0 Å². The van der Waals surface area contributed by atoms with Gasteiger partial charge >= 0.3 is 0 Å². The first-order valence-corrected chi connectivity index (χ1v) is 5.82. The fraction of sp³-hybridized carbons (Fsp3) is 0.909. The minimum Gasteiger partial charge on any atom is -0.343 e. The van der Waals surface area contributed by atoms with Gasteiger partial charge in [0.2, 0.25) is 5.91 Å². The largest absolute Gasteiger partial charge is 0.343 e. The Labute approximate surface area is 86.6 Å². The Hall–Kier alpha value is -0.570. The molecule has 2 N–H and O–H groups in total. The quantitative estimate of drug-likeness (QED) is 0.696. The van der Waals surface area contributed by atoms with Gasteiger partial charge in [0.25, 0.3) is 0 Å². The van der Waals surface area contributed by atoms with Gasteiger partial charge in [-0.25, -0.2) is 0 Å². The number of unbranched alkanes of at least 4 members (excludes halogenated alkanes) is 1. The molecule has 1 rings (SSSR count). The molecule has 1 aliphatic heterocycles. The zero-order valence-electron chi connectivity index (χ0n) is 9.00. The number of hydrogen-bond acceptors (Lipinski definition) is 2. The predicted molar refractivity (Wildman–Crippen MR) is 58.0 cm³/mol. The van der Waals surface area contributed by atoms with Crippen molar-refractivity contribution in [2.45, 2.75) is 44.9 Å². The summed E-state index contributed by atoms with van der Waals surface area (Å²) in [6, 6.07) is 0. The Bertz CT molecular complexity index is 163. The molecule has 1 heterocycles. The molecule has 0 spiro atoms. The molecule has 0 saturated carbocycles. The van der Waals surface area contributed by atoms with E-state index in [9.17, 15) is 4.79 Å². The maximum absolute atomic E-state index is 11.7. The van der Waals surface area contributed by atoms with E-state index >= 15 is 0 Å². The van der Waals surface area contributed by atoms with Gasteiger partial charge in [0.05, 0.1) is 0 Å². The third-order valence-corrected chi connectivity index (χ3v) is 2.80. The number of amides is 1. The van der Waals surface area contributed by atoms with Gasteiger partial charge in [-0.2, -0.15) is 0 Å². The Balaban J connectivity index is 2.20. The molecule has 0 aromatic heterocycles. The summed E-state index contributed by atoms with van der Waals surface area (Å²) in [4.78, 5) is 13.7. The molecule has 0 aliphatic carbocycles. The number of carbonyl (C=O) groups is 1. The lowest BCUT2D eigenvalue weighted by molar-refractivity contribution is -0.131. The fourth-order valence-electron chi connectivity index (χ4n) is 1.90. The minimum atomic E-state index is 0.334. The van der Waals surface area contributed by atoms with E-state index in [4.69, 9.17) is 5.73 Å². The summed E-state index contributed by atoms with van der Waals surface area (Å²) in [6.07, 6.45) is 7.55. The first-order valence-electron chi connectivity index (χ1n) is 5.82. The van der Waals surface area contributed by atoms with Gasteiger partial charge in [0, 0.05) is 19.5 Å². The summed E-state index contributed by atoms with van der Waals surface area (Å²) in [7, 11) is 0. The minimum absolute atomic E-state index is 0.334. The Morgan fingerprint density at radius 2 is 1.71 bits per heavy atom. The second-order valence-electron chi connectivity index (χ2n) is 4.04. The van der Waals surface area contributed by atoms with Crippen molar-refractivity contribution in [1.82, 2.24) is 4.90 Å². The van der Waals surface area contributed by atoms with E-state index in [1.807, 2.05) is 4.90 Å². The number of hydrogen-bond donors (Lipinski definition) is 1. The predicted octanol–water partition coefficient (Wildman–Crippen LogP) is 1.52. The molecule has 0 unspecified atom stereocenters. The lowest BCUT2D eigenvalue weighted by atomic mass is 10.2. The molecule has 0 atom stereocenters. The molecule has 82 valence electrons. The van der Waals surface area contributed by atoms with Gasteiger partial charge in [0.15, 0.2) is 0 Å². The van der Waals surface area contributed by atoms with E-state index in [0.717, 1.165) is 25.9 Å². The highest BCUT2D eigenvalue weighted by Crippen LogP contribution is 2.11. The van der Waals surface area contributed by atoms with Crippen LogP contribution in [0.2, 0.25) is 0 Å². The topological polar surface area (TPSA) is 46.3 Å². The molecule has 1 fully saturated rings. The molecule has 1 amide bonds. The molecule has 3 heteroatoms. The van der Waals surface area contributed by atoms with Gasteiger partial charge in [0.1, 0.15) is 0 Å². The normalized spacial score (nSPS) is 17.9. The second kappa shape index (κ2) is 6.82. The van der Waals surface area contributed by atoms with E-state index in [2.05, 4.69) is 0 Å². The first-order chi connectivity index (χ1) is 6.84. The van der Waals surface area contributed by atoms with Crippen molar-refractivity contribution in [3.8, 4) is 0 Å². The van der Waals surface area contributed by atoms with Crippen LogP contribution in [0.4, 0.5) is 0 Å². The molecule has 0 aromatic carbocycles. The van der Waals surface area contributed by atoms with Crippen molar-refractivity contribution in [1.29, 1.82) is 0 Å². The second-order valence-corrected chi connectivity index (χ2v) is 4.04. The summed E-state index contributed by atoms with van der Waals surface area (Å²) in [5.41, 5.74) is 5.39. The molecule has 1 saturated heterocycles. The van der Waals surface area contributed by atoms with Crippen molar-refractivity contribution >= 4 is 5.91 Å². The highest BCUT2D eigenvalue weighted by atomic mass is 16.2. The molecule has 3 nitrogen and oxygen atoms in total. The van der Waals surface area contributed by atoms with Crippen LogP contribution in [-0.2, 0) is 4.79 Å². The smallest absolute Gasteiger partial charge is 0.222 e. The van der Waals surface area contributed by atoms with Gasteiger partial charge < -0.3 is 10.6 Å². The van der Waals surface area contributed by atoms with E-state index < -0.39 is 0 Å². The number of likely N-dealkylation sites (tertiary alicyclic amines) is 1. The zero-order chi connectivity index (χ0) is 10.2. The average Bonchev–Trinajstić information content (AvgIpc) is 2.46. The molecule has 0 bridgehead atoms. The number of carbonyl (C=O) groups excluding carboxylic acids is 1.